The number of ether oxygens (including phenoxy) is 1. The first-order chi connectivity index (χ1) is 11.1. The zero-order valence-electron chi connectivity index (χ0n) is 12.2. The fraction of sp³-hybridized carbons (Fsp3) is 0.0588. The number of hydrogen-bond donors (Lipinski definition) is 1. The Bertz CT molecular complexity index is 891. The van der Waals surface area contributed by atoms with Crippen molar-refractivity contribution in [3.8, 4) is 17.3 Å². The summed E-state index contributed by atoms with van der Waals surface area (Å²) in [7, 11) is 1.52. The second-order valence-corrected chi connectivity index (χ2v) is 4.75. The molecule has 1 aromatic heterocycles. The Morgan fingerprint density at radius 1 is 1.09 bits per heavy atom. The van der Waals surface area contributed by atoms with E-state index in [1.54, 1.807) is 54.6 Å². The van der Waals surface area contributed by atoms with Crippen molar-refractivity contribution in [2.45, 2.75) is 0 Å². The molecule has 3 aromatic rings. The summed E-state index contributed by atoms with van der Waals surface area (Å²) in [6, 6.07) is 14.7. The van der Waals surface area contributed by atoms with Crippen LogP contribution in [-0.2, 0) is 0 Å². The lowest BCUT2D eigenvalue weighted by Crippen LogP contribution is -2.11. The third-order valence-electron chi connectivity index (χ3n) is 3.36. The Kier molecular flexibility index (Phi) is 3.72. The fourth-order valence-corrected chi connectivity index (χ4v) is 2.19. The second kappa shape index (κ2) is 5.84. The molecule has 0 bridgehead atoms. The van der Waals surface area contributed by atoms with Gasteiger partial charge in [0.05, 0.1) is 12.8 Å². The Morgan fingerprint density at radius 2 is 1.74 bits per heavy atom. The zero-order chi connectivity index (χ0) is 16.4. The molecule has 0 amide bonds. The highest BCUT2D eigenvalue weighted by molar-refractivity contribution is 6.08. The SMILES string of the molecule is COc1ccc(-n2c(O)c(C(=O)c3ccccc3)oc2=O)cc1. The molecular weight excluding hydrogens is 298 g/mol. The topological polar surface area (TPSA) is 81.7 Å². The van der Waals surface area contributed by atoms with Crippen molar-refractivity contribution in [2.75, 3.05) is 7.11 Å². The largest absolute Gasteiger partial charge is 0.497 e. The average molecular weight is 311 g/mol. The van der Waals surface area contributed by atoms with Crippen LogP contribution in [0, 0.1) is 0 Å². The Morgan fingerprint density at radius 3 is 2.35 bits per heavy atom. The van der Waals surface area contributed by atoms with E-state index in [2.05, 4.69) is 0 Å². The van der Waals surface area contributed by atoms with Gasteiger partial charge in [-0.2, -0.15) is 0 Å². The molecule has 0 aliphatic carbocycles. The number of rotatable bonds is 4. The van der Waals surface area contributed by atoms with Crippen molar-refractivity contribution >= 4 is 5.78 Å². The monoisotopic (exact) mass is 311 g/mol. The van der Waals surface area contributed by atoms with Gasteiger partial charge in [-0.15, -0.1) is 0 Å². The summed E-state index contributed by atoms with van der Waals surface area (Å²) in [5.74, 6) is -1.73. The smallest absolute Gasteiger partial charge is 0.427 e. The molecule has 3 rings (SSSR count). The predicted molar refractivity (Wildman–Crippen MR) is 82.4 cm³/mol. The molecule has 0 saturated carbocycles. The van der Waals surface area contributed by atoms with Crippen molar-refractivity contribution in [3.05, 3.63) is 76.5 Å². The number of carbonyl (C=O) groups excluding carboxylic acids is 1. The summed E-state index contributed by atoms with van der Waals surface area (Å²) in [6.07, 6.45) is 0. The van der Waals surface area contributed by atoms with Crippen LogP contribution in [-0.4, -0.2) is 22.6 Å². The summed E-state index contributed by atoms with van der Waals surface area (Å²) in [4.78, 5) is 24.3. The van der Waals surface area contributed by atoms with Crippen molar-refractivity contribution in [3.63, 3.8) is 0 Å². The lowest BCUT2D eigenvalue weighted by Gasteiger charge is -2.04. The first-order valence-corrected chi connectivity index (χ1v) is 6.81. The number of oxazole rings is 1. The molecule has 0 saturated heterocycles. The summed E-state index contributed by atoms with van der Waals surface area (Å²) in [5, 5.41) is 10.2. The number of carbonyl (C=O) groups is 1. The van der Waals surface area contributed by atoms with Crippen LogP contribution in [0.1, 0.15) is 16.1 Å². The van der Waals surface area contributed by atoms with Gasteiger partial charge in [-0.3, -0.25) is 4.79 Å². The Labute approximate surface area is 131 Å². The summed E-state index contributed by atoms with van der Waals surface area (Å²) < 4.78 is 10.9. The molecule has 0 aliphatic heterocycles. The van der Waals surface area contributed by atoms with Gasteiger partial charge in [0.1, 0.15) is 5.75 Å². The highest BCUT2D eigenvalue weighted by atomic mass is 16.5. The van der Waals surface area contributed by atoms with Gasteiger partial charge in [-0.05, 0) is 24.3 Å². The van der Waals surface area contributed by atoms with Crippen molar-refractivity contribution in [1.29, 1.82) is 0 Å². The molecule has 6 nitrogen and oxygen atoms in total. The molecule has 0 radical (unpaired) electrons. The first-order valence-electron chi connectivity index (χ1n) is 6.81. The number of nitrogens with zero attached hydrogens (tertiary/aromatic N) is 1. The number of methoxy groups -OCH3 is 1. The maximum atomic E-state index is 12.3. The molecule has 1 N–H and O–H groups in total. The van der Waals surface area contributed by atoms with Gasteiger partial charge < -0.3 is 14.3 Å². The van der Waals surface area contributed by atoms with Crippen LogP contribution in [0.2, 0.25) is 0 Å². The first kappa shape index (κ1) is 14.6. The van der Waals surface area contributed by atoms with Gasteiger partial charge in [0.15, 0.2) is 0 Å². The minimum absolute atomic E-state index is 0.318. The van der Waals surface area contributed by atoms with Gasteiger partial charge in [0.25, 0.3) is 0 Å². The van der Waals surface area contributed by atoms with Gasteiger partial charge >= 0.3 is 5.76 Å². The number of ketones is 1. The summed E-state index contributed by atoms with van der Waals surface area (Å²) >= 11 is 0. The van der Waals surface area contributed by atoms with Crippen LogP contribution in [0.4, 0.5) is 0 Å². The average Bonchev–Trinajstić information content (AvgIpc) is 2.89. The minimum Gasteiger partial charge on any atom is -0.497 e. The van der Waals surface area contributed by atoms with Gasteiger partial charge in [0, 0.05) is 5.56 Å². The third-order valence-corrected chi connectivity index (χ3v) is 3.36. The molecule has 0 unspecified atom stereocenters. The van der Waals surface area contributed by atoms with E-state index < -0.39 is 23.2 Å². The van der Waals surface area contributed by atoms with E-state index in [9.17, 15) is 14.7 Å². The second-order valence-electron chi connectivity index (χ2n) is 4.75. The fourth-order valence-electron chi connectivity index (χ4n) is 2.19. The van der Waals surface area contributed by atoms with Gasteiger partial charge in [-0.25, -0.2) is 9.36 Å². The lowest BCUT2D eigenvalue weighted by atomic mass is 10.1. The maximum absolute atomic E-state index is 12.3. The molecule has 116 valence electrons. The van der Waals surface area contributed by atoms with Gasteiger partial charge in [0.2, 0.25) is 17.4 Å². The van der Waals surface area contributed by atoms with Crippen molar-refractivity contribution < 1.29 is 19.1 Å². The standard InChI is InChI=1S/C17H13NO5/c1-22-13-9-7-12(8-10-13)18-16(20)15(23-17(18)21)14(19)11-5-3-2-4-6-11/h2-10,20H,1H3. The van der Waals surface area contributed by atoms with E-state index in [1.807, 2.05) is 0 Å². The number of aromatic hydroxyl groups is 1. The highest BCUT2D eigenvalue weighted by Crippen LogP contribution is 2.24. The molecule has 2 aromatic carbocycles. The van der Waals surface area contributed by atoms with E-state index in [4.69, 9.17) is 9.15 Å². The number of benzene rings is 2. The summed E-state index contributed by atoms with van der Waals surface area (Å²) in [5.41, 5.74) is 0.683. The van der Waals surface area contributed by atoms with Crippen molar-refractivity contribution in [1.82, 2.24) is 4.57 Å². The Hall–Kier alpha value is -3.28. The van der Waals surface area contributed by atoms with Crippen LogP contribution >= 0.6 is 0 Å². The Balaban J connectivity index is 2.06. The number of hydrogen-bond acceptors (Lipinski definition) is 5. The quantitative estimate of drug-likeness (QED) is 0.748. The highest BCUT2D eigenvalue weighted by Gasteiger charge is 2.24. The van der Waals surface area contributed by atoms with Crippen LogP contribution in [0.15, 0.2) is 63.8 Å². The maximum Gasteiger partial charge on any atom is 0.427 e. The molecule has 23 heavy (non-hydrogen) atoms. The number of aromatic nitrogens is 1. The third kappa shape index (κ3) is 2.62. The molecule has 1 heterocycles. The zero-order valence-corrected chi connectivity index (χ0v) is 12.2. The molecular formula is C17H13NO5. The predicted octanol–water partition coefficient (Wildman–Crippen LogP) is 2.38. The molecule has 6 heteroatoms. The van der Waals surface area contributed by atoms with Gasteiger partial charge in [-0.1, -0.05) is 30.3 Å². The molecule has 0 atom stereocenters. The molecule has 0 spiro atoms. The van der Waals surface area contributed by atoms with E-state index in [-0.39, 0.29) is 0 Å². The van der Waals surface area contributed by atoms with Crippen molar-refractivity contribution in [2.24, 2.45) is 0 Å². The van der Waals surface area contributed by atoms with Crippen LogP contribution in [0.25, 0.3) is 5.69 Å². The van der Waals surface area contributed by atoms with E-state index in [0.717, 1.165) is 4.57 Å². The van der Waals surface area contributed by atoms with Crippen LogP contribution in [0.5, 0.6) is 11.6 Å². The normalized spacial score (nSPS) is 10.5. The minimum atomic E-state index is -0.841. The van der Waals surface area contributed by atoms with E-state index >= 15 is 0 Å². The van der Waals surface area contributed by atoms with Crippen LogP contribution < -0.4 is 10.5 Å². The van der Waals surface area contributed by atoms with E-state index in [0.29, 0.717) is 17.0 Å². The summed E-state index contributed by atoms with van der Waals surface area (Å²) in [6.45, 7) is 0. The molecule has 0 aliphatic rings. The van der Waals surface area contributed by atoms with Crippen LogP contribution in [0.3, 0.4) is 0 Å². The lowest BCUT2D eigenvalue weighted by molar-refractivity contribution is 0.100. The van der Waals surface area contributed by atoms with E-state index in [1.165, 1.54) is 7.11 Å². The molecule has 0 fully saturated rings.